The summed E-state index contributed by atoms with van der Waals surface area (Å²) in [4.78, 5) is 9.39. The molecule has 5 heteroatoms. The van der Waals surface area contributed by atoms with E-state index in [1.54, 1.807) is 0 Å². The van der Waals surface area contributed by atoms with Gasteiger partial charge in [-0.15, -0.1) is 0 Å². The molecule has 0 saturated heterocycles. The van der Waals surface area contributed by atoms with E-state index in [1.165, 1.54) is 0 Å². The van der Waals surface area contributed by atoms with Gasteiger partial charge in [-0.3, -0.25) is 0 Å². The molecule has 1 heterocycles. The average molecular weight is 212 g/mol. The monoisotopic (exact) mass is 212 g/mol. The molecule has 2 N–H and O–H groups in total. The third kappa shape index (κ3) is 2.45. The zero-order valence-corrected chi connectivity index (χ0v) is 9.61. The number of hydrogen-bond donors (Lipinski definition) is 2. The number of aromatic amines is 1. The maximum Gasteiger partial charge on any atom is 0.200 e. The topological polar surface area (TPSA) is 44.0 Å². The summed E-state index contributed by atoms with van der Waals surface area (Å²) in [5.41, 5.74) is 0. The second-order valence-corrected chi connectivity index (χ2v) is 3.27. The predicted molar refractivity (Wildman–Crippen MR) is 62.5 cm³/mol. The van der Waals surface area contributed by atoms with E-state index in [9.17, 15) is 0 Å². The van der Waals surface area contributed by atoms with Crippen LogP contribution in [-0.2, 0) is 0 Å². The molecule has 0 saturated carbocycles. The standard InChI is InChI=1S/C9H16N4S/c1-4-13(5-2)8-6-7(10-3)11-9(14)12-8/h6H,4-5H2,1-3H3,(H2,10,11,12,14). The summed E-state index contributed by atoms with van der Waals surface area (Å²) < 4.78 is 0.513. The molecule has 1 aromatic heterocycles. The molecule has 0 bridgehead atoms. The second-order valence-electron chi connectivity index (χ2n) is 2.88. The number of anilines is 2. The summed E-state index contributed by atoms with van der Waals surface area (Å²) in [6.07, 6.45) is 0. The molecule has 14 heavy (non-hydrogen) atoms. The fourth-order valence-electron chi connectivity index (χ4n) is 1.29. The number of aromatic nitrogens is 2. The van der Waals surface area contributed by atoms with Crippen molar-refractivity contribution < 1.29 is 0 Å². The van der Waals surface area contributed by atoms with Crippen LogP contribution in [0.25, 0.3) is 0 Å². The van der Waals surface area contributed by atoms with E-state index >= 15 is 0 Å². The van der Waals surface area contributed by atoms with E-state index < -0.39 is 0 Å². The molecule has 4 nitrogen and oxygen atoms in total. The van der Waals surface area contributed by atoms with E-state index in [1.807, 2.05) is 13.1 Å². The first kappa shape index (κ1) is 11.0. The van der Waals surface area contributed by atoms with Gasteiger partial charge < -0.3 is 15.2 Å². The van der Waals surface area contributed by atoms with Gasteiger partial charge in [-0.2, -0.15) is 0 Å². The van der Waals surface area contributed by atoms with Crippen LogP contribution in [0.15, 0.2) is 6.07 Å². The fraction of sp³-hybridized carbons (Fsp3) is 0.556. The molecule has 0 unspecified atom stereocenters. The molecule has 78 valence electrons. The predicted octanol–water partition coefficient (Wildman–Crippen LogP) is 2.03. The Morgan fingerprint density at radius 1 is 1.50 bits per heavy atom. The van der Waals surface area contributed by atoms with Gasteiger partial charge in [0.25, 0.3) is 0 Å². The number of nitrogens with zero attached hydrogens (tertiary/aromatic N) is 2. The van der Waals surface area contributed by atoms with Crippen molar-refractivity contribution in [3.05, 3.63) is 10.8 Å². The van der Waals surface area contributed by atoms with E-state index in [-0.39, 0.29) is 0 Å². The third-order valence-electron chi connectivity index (χ3n) is 2.09. The molecule has 0 aliphatic heterocycles. The lowest BCUT2D eigenvalue weighted by Gasteiger charge is -2.19. The smallest absolute Gasteiger partial charge is 0.200 e. The average Bonchev–Trinajstić information content (AvgIpc) is 2.19. The third-order valence-corrected chi connectivity index (χ3v) is 2.28. The minimum absolute atomic E-state index is 0.513. The van der Waals surface area contributed by atoms with Crippen LogP contribution in [0.5, 0.6) is 0 Å². The zero-order valence-electron chi connectivity index (χ0n) is 8.79. The Labute approximate surface area is 89.4 Å². The Hall–Kier alpha value is -1.10. The van der Waals surface area contributed by atoms with Crippen LogP contribution in [0.1, 0.15) is 13.8 Å². The number of hydrogen-bond acceptors (Lipinski definition) is 4. The highest BCUT2D eigenvalue weighted by atomic mass is 32.1. The Bertz CT molecular complexity index is 343. The molecule has 1 aromatic rings. The van der Waals surface area contributed by atoms with Crippen LogP contribution in [0.2, 0.25) is 0 Å². The molecular weight excluding hydrogens is 196 g/mol. The van der Waals surface area contributed by atoms with E-state index in [2.05, 4.69) is 34.0 Å². The number of H-pyrrole nitrogens is 1. The van der Waals surface area contributed by atoms with Gasteiger partial charge in [-0.05, 0) is 26.1 Å². The van der Waals surface area contributed by atoms with Gasteiger partial charge in [0.05, 0.1) is 0 Å². The van der Waals surface area contributed by atoms with Crippen molar-refractivity contribution in [2.24, 2.45) is 0 Å². The Kier molecular flexibility index (Phi) is 3.88. The molecule has 0 spiro atoms. The molecule has 0 aromatic carbocycles. The van der Waals surface area contributed by atoms with Gasteiger partial charge in [-0.1, -0.05) is 0 Å². The minimum Gasteiger partial charge on any atom is -0.375 e. The normalized spacial score (nSPS) is 9.93. The molecule has 0 aliphatic carbocycles. The highest BCUT2D eigenvalue weighted by molar-refractivity contribution is 7.71. The quantitative estimate of drug-likeness (QED) is 0.750. The zero-order chi connectivity index (χ0) is 10.6. The Morgan fingerprint density at radius 3 is 2.64 bits per heavy atom. The van der Waals surface area contributed by atoms with Crippen LogP contribution in [-0.4, -0.2) is 30.1 Å². The van der Waals surface area contributed by atoms with Crippen LogP contribution in [0.4, 0.5) is 11.6 Å². The Balaban J connectivity index is 3.07. The summed E-state index contributed by atoms with van der Waals surface area (Å²) in [5.74, 6) is 1.81. The molecule has 0 amide bonds. The molecule has 1 rings (SSSR count). The van der Waals surface area contributed by atoms with Crippen LogP contribution >= 0.6 is 12.2 Å². The largest absolute Gasteiger partial charge is 0.375 e. The summed E-state index contributed by atoms with van der Waals surface area (Å²) in [6, 6.07) is 1.96. The summed E-state index contributed by atoms with van der Waals surface area (Å²) in [6.45, 7) is 6.07. The van der Waals surface area contributed by atoms with Crippen LogP contribution in [0.3, 0.4) is 0 Å². The number of nitrogens with one attached hydrogen (secondary N) is 2. The minimum atomic E-state index is 0.513. The van der Waals surface area contributed by atoms with Gasteiger partial charge >= 0.3 is 0 Å². The maximum absolute atomic E-state index is 5.04. The van der Waals surface area contributed by atoms with Gasteiger partial charge in [-0.25, -0.2) is 4.98 Å². The summed E-state index contributed by atoms with van der Waals surface area (Å²) >= 11 is 5.04. The van der Waals surface area contributed by atoms with Crippen molar-refractivity contribution in [1.82, 2.24) is 9.97 Å². The van der Waals surface area contributed by atoms with E-state index in [0.717, 1.165) is 24.7 Å². The molecule has 0 aliphatic rings. The molecular formula is C9H16N4S. The first-order chi connectivity index (χ1) is 6.71. The van der Waals surface area contributed by atoms with Crippen LogP contribution in [0, 0.1) is 4.77 Å². The van der Waals surface area contributed by atoms with Crippen molar-refractivity contribution in [1.29, 1.82) is 0 Å². The van der Waals surface area contributed by atoms with Gasteiger partial charge in [0.15, 0.2) is 4.77 Å². The first-order valence-corrected chi connectivity index (χ1v) is 5.16. The van der Waals surface area contributed by atoms with Crippen molar-refractivity contribution in [2.75, 3.05) is 30.4 Å². The van der Waals surface area contributed by atoms with Gasteiger partial charge in [0.1, 0.15) is 11.6 Å². The van der Waals surface area contributed by atoms with Crippen molar-refractivity contribution in [3.8, 4) is 0 Å². The first-order valence-electron chi connectivity index (χ1n) is 4.75. The summed E-state index contributed by atoms with van der Waals surface area (Å²) in [7, 11) is 1.85. The lowest BCUT2D eigenvalue weighted by Crippen LogP contribution is -2.23. The highest BCUT2D eigenvalue weighted by Gasteiger charge is 2.04. The maximum atomic E-state index is 5.04. The van der Waals surface area contributed by atoms with Crippen molar-refractivity contribution >= 4 is 23.9 Å². The van der Waals surface area contributed by atoms with Crippen LogP contribution < -0.4 is 10.2 Å². The Morgan fingerprint density at radius 2 is 2.14 bits per heavy atom. The highest BCUT2D eigenvalue weighted by Crippen LogP contribution is 2.13. The van der Waals surface area contributed by atoms with Crippen molar-refractivity contribution in [2.45, 2.75) is 13.8 Å². The lowest BCUT2D eigenvalue weighted by atomic mass is 10.4. The lowest BCUT2D eigenvalue weighted by molar-refractivity contribution is 0.839. The van der Waals surface area contributed by atoms with Crippen molar-refractivity contribution in [3.63, 3.8) is 0 Å². The fourth-order valence-corrected chi connectivity index (χ4v) is 1.49. The molecule has 0 fully saturated rings. The van der Waals surface area contributed by atoms with Gasteiger partial charge in [0, 0.05) is 26.2 Å². The van der Waals surface area contributed by atoms with E-state index in [0.29, 0.717) is 4.77 Å². The molecule has 0 radical (unpaired) electrons. The second kappa shape index (κ2) is 4.95. The van der Waals surface area contributed by atoms with Gasteiger partial charge in [0.2, 0.25) is 0 Å². The van der Waals surface area contributed by atoms with E-state index in [4.69, 9.17) is 12.2 Å². The molecule has 0 atom stereocenters. The number of rotatable bonds is 4. The SMILES string of the molecule is CCN(CC)c1cc(NC)[nH]c(=S)n1. The summed E-state index contributed by atoms with van der Waals surface area (Å²) in [5, 5.41) is 3.02.